The number of hydrogen-bond acceptors (Lipinski definition) is 5. The van der Waals surface area contributed by atoms with E-state index in [0.29, 0.717) is 13.0 Å². The molecule has 0 spiro atoms. The van der Waals surface area contributed by atoms with Crippen LogP contribution in [0.2, 0.25) is 0 Å². The minimum Gasteiger partial charge on any atom is -0.351 e. The number of nitrogens with one attached hydrogen (secondary N) is 2. The quantitative estimate of drug-likeness (QED) is 0.483. The molecule has 2 N–H and O–H groups in total. The van der Waals surface area contributed by atoms with E-state index in [1.165, 1.54) is 5.06 Å². The molecule has 3 saturated heterocycles. The van der Waals surface area contributed by atoms with Crippen molar-refractivity contribution in [3.8, 4) is 0 Å². The Labute approximate surface area is 117 Å². The van der Waals surface area contributed by atoms with Gasteiger partial charge >= 0.3 is 6.03 Å². The number of piperidine rings is 1. The predicted molar refractivity (Wildman–Crippen MR) is 70.2 cm³/mol. The highest BCUT2D eigenvalue weighted by atomic mass is 32.1. The van der Waals surface area contributed by atoms with Crippen LogP contribution < -0.4 is 10.6 Å². The summed E-state index contributed by atoms with van der Waals surface area (Å²) < 4.78 is 4.73. The summed E-state index contributed by atoms with van der Waals surface area (Å²) in [6.07, 6.45) is 2.51. The molecule has 106 valence electrons. The number of amides is 3. The first-order valence-corrected chi connectivity index (χ1v) is 6.99. The van der Waals surface area contributed by atoms with Gasteiger partial charge in [0.2, 0.25) is 5.91 Å². The summed E-state index contributed by atoms with van der Waals surface area (Å²) in [7, 11) is 0. The minimum absolute atomic E-state index is 0.0402. The zero-order valence-corrected chi connectivity index (χ0v) is 11.4. The average molecular weight is 286 g/mol. The molecule has 0 aromatic heterocycles. The highest BCUT2D eigenvalue weighted by Crippen LogP contribution is 2.32. The van der Waals surface area contributed by atoms with Gasteiger partial charge in [0.05, 0.1) is 6.04 Å². The van der Waals surface area contributed by atoms with Crippen molar-refractivity contribution in [2.75, 3.05) is 19.6 Å². The Balaban J connectivity index is 1.59. The summed E-state index contributed by atoms with van der Waals surface area (Å²) in [5, 5.41) is 7.54. The smallest absolute Gasteiger partial charge is 0.345 e. The van der Waals surface area contributed by atoms with Gasteiger partial charge in [-0.1, -0.05) is 0 Å². The standard InChI is InChI=1S/C11H18N4O3S/c16-10(13-7-1-3-12-4-2-7)9-5-8-6-14(9)11(17)15(8)18-19/h7-9,12,19H,1-6H2,(H,13,16)/t8-,9+/m1/s1. The Hall–Kier alpha value is -0.990. The number of nitrogens with zero attached hydrogens (tertiary/aromatic N) is 2. The molecular weight excluding hydrogens is 268 g/mol. The van der Waals surface area contributed by atoms with Gasteiger partial charge in [-0.3, -0.25) is 4.79 Å². The third-order valence-corrected chi connectivity index (χ3v) is 4.30. The third-order valence-electron chi connectivity index (χ3n) is 4.12. The molecule has 2 bridgehead atoms. The average Bonchev–Trinajstić information content (AvgIpc) is 2.97. The number of hydroxylamine groups is 2. The molecule has 3 amide bonds. The topological polar surface area (TPSA) is 73.9 Å². The molecular formula is C11H18N4O3S. The molecule has 19 heavy (non-hydrogen) atoms. The van der Waals surface area contributed by atoms with E-state index in [9.17, 15) is 9.59 Å². The van der Waals surface area contributed by atoms with E-state index in [1.54, 1.807) is 4.90 Å². The van der Waals surface area contributed by atoms with E-state index in [1.807, 2.05) is 0 Å². The van der Waals surface area contributed by atoms with Crippen molar-refractivity contribution >= 4 is 24.8 Å². The summed E-state index contributed by atoms with van der Waals surface area (Å²) in [6, 6.07) is -0.459. The normalized spacial score (nSPS) is 31.1. The van der Waals surface area contributed by atoms with E-state index in [-0.39, 0.29) is 30.1 Å². The van der Waals surface area contributed by atoms with Crippen LogP contribution in [0.15, 0.2) is 0 Å². The maximum Gasteiger partial charge on any atom is 0.345 e. The van der Waals surface area contributed by atoms with Crippen molar-refractivity contribution in [2.45, 2.75) is 37.4 Å². The van der Waals surface area contributed by atoms with Crippen molar-refractivity contribution in [3.63, 3.8) is 0 Å². The molecule has 3 fully saturated rings. The molecule has 0 radical (unpaired) electrons. The number of hydrogen-bond donors (Lipinski definition) is 3. The van der Waals surface area contributed by atoms with E-state index >= 15 is 0 Å². The molecule has 0 aromatic carbocycles. The zero-order chi connectivity index (χ0) is 13.4. The molecule has 3 rings (SSSR count). The predicted octanol–water partition coefficient (Wildman–Crippen LogP) is -0.490. The molecule has 0 aromatic rings. The van der Waals surface area contributed by atoms with Gasteiger partial charge in [0.1, 0.15) is 6.04 Å². The maximum absolute atomic E-state index is 12.2. The lowest BCUT2D eigenvalue weighted by atomic mass is 10.0. The molecule has 3 heterocycles. The Morgan fingerprint density at radius 2 is 2.16 bits per heavy atom. The lowest BCUT2D eigenvalue weighted by Crippen LogP contribution is -2.53. The first kappa shape index (κ1) is 13.0. The fraction of sp³-hybridized carbons (Fsp3) is 0.818. The number of rotatable bonds is 3. The van der Waals surface area contributed by atoms with Gasteiger partial charge in [-0.05, 0) is 25.9 Å². The van der Waals surface area contributed by atoms with E-state index in [0.717, 1.165) is 25.9 Å². The summed E-state index contributed by atoms with van der Waals surface area (Å²) >= 11 is 3.67. The fourth-order valence-electron chi connectivity index (χ4n) is 3.09. The molecule has 0 aliphatic carbocycles. The fourth-order valence-corrected chi connectivity index (χ4v) is 3.29. The molecule has 3 aliphatic rings. The lowest BCUT2D eigenvalue weighted by Gasteiger charge is -2.31. The largest absolute Gasteiger partial charge is 0.351 e. The highest BCUT2D eigenvalue weighted by Gasteiger charge is 2.52. The van der Waals surface area contributed by atoms with Crippen LogP contribution in [0.25, 0.3) is 0 Å². The molecule has 2 atom stereocenters. The first-order valence-electron chi connectivity index (χ1n) is 6.63. The first-order chi connectivity index (χ1) is 9.20. The van der Waals surface area contributed by atoms with E-state index < -0.39 is 0 Å². The Bertz CT molecular complexity index is 388. The van der Waals surface area contributed by atoms with Crippen LogP contribution in [0.5, 0.6) is 0 Å². The molecule has 3 aliphatic heterocycles. The van der Waals surface area contributed by atoms with Crippen molar-refractivity contribution in [3.05, 3.63) is 0 Å². The maximum atomic E-state index is 12.2. The van der Waals surface area contributed by atoms with Crippen molar-refractivity contribution in [2.24, 2.45) is 0 Å². The van der Waals surface area contributed by atoms with Gasteiger partial charge in [-0.25, -0.2) is 9.08 Å². The number of thiol groups is 1. The summed E-state index contributed by atoms with van der Waals surface area (Å²) in [5.41, 5.74) is 0. The Morgan fingerprint density at radius 3 is 2.79 bits per heavy atom. The monoisotopic (exact) mass is 286 g/mol. The van der Waals surface area contributed by atoms with Crippen LogP contribution >= 0.6 is 12.9 Å². The highest BCUT2D eigenvalue weighted by molar-refractivity contribution is 7.75. The van der Waals surface area contributed by atoms with E-state index in [2.05, 4.69) is 23.5 Å². The third kappa shape index (κ3) is 2.28. The second kappa shape index (κ2) is 5.18. The van der Waals surface area contributed by atoms with Gasteiger partial charge in [-0.15, -0.1) is 0 Å². The number of carbonyl (C=O) groups excluding carboxylic acids is 2. The number of carbonyl (C=O) groups is 2. The van der Waals surface area contributed by atoms with Crippen molar-refractivity contribution in [1.29, 1.82) is 0 Å². The van der Waals surface area contributed by atoms with Crippen LogP contribution in [0.3, 0.4) is 0 Å². The van der Waals surface area contributed by atoms with Crippen LogP contribution in [0.4, 0.5) is 4.79 Å². The number of urea groups is 1. The van der Waals surface area contributed by atoms with Crippen LogP contribution in [-0.4, -0.2) is 59.7 Å². The molecule has 7 nitrogen and oxygen atoms in total. The number of fused-ring (bicyclic) bond motifs is 2. The minimum atomic E-state index is -0.355. The van der Waals surface area contributed by atoms with Gasteiger partial charge in [0.15, 0.2) is 0 Å². The van der Waals surface area contributed by atoms with E-state index in [4.69, 9.17) is 4.28 Å². The Kier molecular flexibility index (Phi) is 3.55. The molecule has 0 unspecified atom stereocenters. The lowest BCUT2D eigenvalue weighted by molar-refractivity contribution is -0.127. The second-order valence-electron chi connectivity index (χ2n) is 5.28. The Morgan fingerprint density at radius 1 is 1.42 bits per heavy atom. The van der Waals surface area contributed by atoms with Gasteiger partial charge in [0, 0.05) is 31.9 Å². The molecule has 8 heteroatoms. The van der Waals surface area contributed by atoms with Gasteiger partial charge in [-0.2, -0.15) is 5.06 Å². The van der Waals surface area contributed by atoms with Crippen molar-refractivity contribution in [1.82, 2.24) is 20.6 Å². The molecule has 0 saturated carbocycles. The van der Waals surface area contributed by atoms with Crippen LogP contribution in [0, 0.1) is 0 Å². The second-order valence-corrected chi connectivity index (χ2v) is 5.44. The zero-order valence-electron chi connectivity index (χ0n) is 10.5. The summed E-state index contributed by atoms with van der Waals surface area (Å²) in [6.45, 7) is 2.41. The van der Waals surface area contributed by atoms with Gasteiger partial charge < -0.3 is 15.5 Å². The summed E-state index contributed by atoms with van der Waals surface area (Å²) in [4.78, 5) is 25.7. The van der Waals surface area contributed by atoms with Crippen LogP contribution in [0.1, 0.15) is 19.3 Å². The van der Waals surface area contributed by atoms with Gasteiger partial charge in [0.25, 0.3) is 0 Å². The summed E-state index contributed by atoms with van der Waals surface area (Å²) in [5.74, 6) is -0.0402. The van der Waals surface area contributed by atoms with Crippen LogP contribution in [-0.2, 0) is 9.08 Å². The van der Waals surface area contributed by atoms with Crippen molar-refractivity contribution < 1.29 is 13.9 Å². The SMILES string of the molecule is O=C(NC1CCNCC1)[C@@H]1C[C@@H]2CN1C(=O)N2OS.